The smallest absolute Gasteiger partial charge is 0.320 e. The number of likely N-dealkylation sites (N-methyl/N-ethyl adjacent to an activating group) is 1. The highest BCUT2D eigenvalue weighted by atomic mass is 16.5. The van der Waals surface area contributed by atoms with Crippen molar-refractivity contribution >= 4 is 17.9 Å². The first-order valence-corrected chi connectivity index (χ1v) is 7.03. The maximum atomic E-state index is 12.3. The Bertz CT molecular complexity index is 388. The molecule has 1 aliphatic rings. The van der Waals surface area contributed by atoms with E-state index in [1.54, 1.807) is 0 Å². The average Bonchev–Trinajstić information content (AvgIpc) is 2.44. The normalized spacial score (nSPS) is 18.2. The molecule has 0 saturated carbocycles. The number of carbonyl (C=O) groups excluding carboxylic acids is 2. The fourth-order valence-corrected chi connectivity index (χ4v) is 2.10. The molecule has 1 rings (SSSR count). The number of hydrogen-bond acceptors (Lipinski definition) is 4. The van der Waals surface area contributed by atoms with E-state index in [0.29, 0.717) is 19.7 Å². The van der Waals surface area contributed by atoms with E-state index in [4.69, 9.17) is 9.84 Å². The average molecular weight is 301 g/mol. The number of nitrogens with zero attached hydrogens (tertiary/aromatic N) is 2. The van der Waals surface area contributed by atoms with E-state index in [-0.39, 0.29) is 31.5 Å². The number of morpholine rings is 1. The van der Waals surface area contributed by atoms with Gasteiger partial charge in [-0.2, -0.15) is 0 Å². The maximum Gasteiger partial charge on any atom is 0.320 e. The molecule has 0 radical (unpaired) electrons. The summed E-state index contributed by atoms with van der Waals surface area (Å²) in [5, 5.41) is 11.6. The van der Waals surface area contributed by atoms with Crippen LogP contribution in [-0.2, 0) is 14.3 Å². The minimum absolute atomic E-state index is 0.0457. The van der Waals surface area contributed by atoms with Gasteiger partial charge in [0.05, 0.1) is 25.7 Å². The Morgan fingerprint density at radius 3 is 2.76 bits per heavy atom. The van der Waals surface area contributed by atoms with Crippen molar-refractivity contribution in [3.8, 4) is 0 Å². The largest absolute Gasteiger partial charge is 0.481 e. The molecule has 0 aromatic carbocycles. The summed E-state index contributed by atoms with van der Waals surface area (Å²) in [5.41, 5.74) is 0. The Balaban J connectivity index is 2.57. The number of amides is 3. The molecule has 0 spiro atoms. The monoisotopic (exact) mass is 301 g/mol. The molecule has 0 bridgehead atoms. The van der Waals surface area contributed by atoms with Gasteiger partial charge in [-0.05, 0) is 6.42 Å². The van der Waals surface area contributed by atoms with Crippen LogP contribution in [-0.4, -0.2) is 78.8 Å². The third-order valence-corrected chi connectivity index (χ3v) is 3.16. The predicted octanol–water partition coefficient (Wildman–Crippen LogP) is -0.260. The fourth-order valence-electron chi connectivity index (χ4n) is 2.10. The lowest BCUT2D eigenvalue weighted by atomic mass is 10.1. The number of ether oxygens (including phenoxy) is 1. The summed E-state index contributed by atoms with van der Waals surface area (Å²) < 4.78 is 5.22. The van der Waals surface area contributed by atoms with Gasteiger partial charge in [-0.15, -0.1) is 0 Å². The molecule has 8 heteroatoms. The van der Waals surface area contributed by atoms with Gasteiger partial charge in [-0.1, -0.05) is 6.92 Å². The first-order valence-electron chi connectivity index (χ1n) is 7.03. The standard InChI is InChI=1S/C13H23N3O5/c1-3-4-14-11(17)8-15(2)13(20)16-5-6-21-9-10(16)7-12(18)19/h10H,3-9H2,1-2H3,(H,14,17)(H,18,19). The summed E-state index contributed by atoms with van der Waals surface area (Å²) in [7, 11) is 1.53. The molecule has 1 heterocycles. The molecule has 1 atom stereocenters. The van der Waals surface area contributed by atoms with Crippen LogP contribution < -0.4 is 5.32 Å². The number of urea groups is 1. The third kappa shape index (κ3) is 5.58. The van der Waals surface area contributed by atoms with Crippen LogP contribution >= 0.6 is 0 Å². The highest BCUT2D eigenvalue weighted by Crippen LogP contribution is 2.13. The molecule has 3 amide bonds. The van der Waals surface area contributed by atoms with Gasteiger partial charge in [0.2, 0.25) is 5.91 Å². The van der Waals surface area contributed by atoms with Crippen LogP contribution in [0.3, 0.4) is 0 Å². The SMILES string of the molecule is CCCNC(=O)CN(C)C(=O)N1CCOCC1CC(=O)O. The first-order chi connectivity index (χ1) is 9.95. The summed E-state index contributed by atoms with van der Waals surface area (Å²) in [6, 6.07) is -0.846. The Labute approximate surface area is 124 Å². The summed E-state index contributed by atoms with van der Waals surface area (Å²) >= 11 is 0. The van der Waals surface area contributed by atoms with E-state index < -0.39 is 12.0 Å². The summed E-state index contributed by atoms with van der Waals surface area (Å²) in [6.07, 6.45) is 0.662. The number of aliphatic carboxylic acids is 1. The van der Waals surface area contributed by atoms with E-state index >= 15 is 0 Å². The van der Waals surface area contributed by atoms with Gasteiger partial charge < -0.3 is 25.0 Å². The van der Waals surface area contributed by atoms with Crippen LogP contribution in [0, 0.1) is 0 Å². The van der Waals surface area contributed by atoms with Crippen molar-refractivity contribution in [2.24, 2.45) is 0 Å². The lowest BCUT2D eigenvalue weighted by molar-refractivity contribution is -0.139. The van der Waals surface area contributed by atoms with Gasteiger partial charge in [0.25, 0.3) is 0 Å². The molecule has 0 aromatic rings. The van der Waals surface area contributed by atoms with Crippen molar-refractivity contribution in [1.82, 2.24) is 15.1 Å². The fraction of sp³-hybridized carbons (Fsp3) is 0.769. The summed E-state index contributed by atoms with van der Waals surface area (Å²) in [6.45, 7) is 3.37. The second-order valence-corrected chi connectivity index (χ2v) is 5.01. The second kappa shape index (κ2) is 8.46. The molecule has 0 aliphatic carbocycles. The molecule has 2 N–H and O–H groups in total. The Hall–Kier alpha value is -1.83. The molecular weight excluding hydrogens is 278 g/mol. The lowest BCUT2D eigenvalue weighted by Gasteiger charge is -2.37. The van der Waals surface area contributed by atoms with Gasteiger partial charge in [-0.25, -0.2) is 4.79 Å². The topological polar surface area (TPSA) is 99.2 Å². The Kier molecular flexibility index (Phi) is 6.93. The molecule has 1 saturated heterocycles. The summed E-state index contributed by atoms with van der Waals surface area (Å²) in [5.74, 6) is -1.21. The van der Waals surface area contributed by atoms with Gasteiger partial charge in [-0.3, -0.25) is 9.59 Å². The number of nitrogens with one attached hydrogen (secondary N) is 1. The van der Waals surface area contributed by atoms with E-state index in [2.05, 4.69) is 5.32 Å². The maximum absolute atomic E-state index is 12.3. The zero-order chi connectivity index (χ0) is 15.8. The van der Waals surface area contributed by atoms with Gasteiger partial charge >= 0.3 is 12.0 Å². The summed E-state index contributed by atoms with van der Waals surface area (Å²) in [4.78, 5) is 37.5. The minimum Gasteiger partial charge on any atom is -0.481 e. The highest BCUT2D eigenvalue weighted by molar-refractivity contribution is 5.84. The second-order valence-electron chi connectivity index (χ2n) is 5.01. The van der Waals surface area contributed by atoms with Crippen molar-refractivity contribution in [1.29, 1.82) is 0 Å². The molecular formula is C13H23N3O5. The van der Waals surface area contributed by atoms with Crippen LogP contribution in [0.15, 0.2) is 0 Å². The van der Waals surface area contributed by atoms with Crippen molar-refractivity contribution in [2.45, 2.75) is 25.8 Å². The van der Waals surface area contributed by atoms with Crippen LogP contribution in [0.1, 0.15) is 19.8 Å². The number of carbonyl (C=O) groups is 3. The zero-order valence-corrected chi connectivity index (χ0v) is 12.5. The Morgan fingerprint density at radius 1 is 1.43 bits per heavy atom. The molecule has 1 unspecified atom stereocenters. The predicted molar refractivity (Wildman–Crippen MR) is 74.9 cm³/mol. The minimum atomic E-state index is -0.980. The van der Waals surface area contributed by atoms with Gasteiger partial charge in [0, 0.05) is 20.1 Å². The highest BCUT2D eigenvalue weighted by Gasteiger charge is 2.31. The van der Waals surface area contributed by atoms with Crippen molar-refractivity contribution in [3.05, 3.63) is 0 Å². The van der Waals surface area contributed by atoms with Crippen molar-refractivity contribution in [3.63, 3.8) is 0 Å². The number of rotatable bonds is 6. The quantitative estimate of drug-likeness (QED) is 0.704. The van der Waals surface area contributed by atoms with Gasteiger partial charge in [0.1, 0.15) is 6.54 Å². The van der Waals surface area contributed by atoms with E-state index in [1.807, 2.05) is 6.92 Å². The number of hydrogen-bond donors (Lipinski definition) is 2. The van der Waals surface area contributed by atoms with Crippen molar-refractivity contribution < 1.29 is 24.2 Å². The molecule has 21 heavy (non-hydrogen) atoms. The van der Waals surface area contributed by atoms with E-state index in [0.717, 1.165) is 6.42 Å². The van der Waals surface area contributed by atoms with Gasteiger partial charge in [0.15, 0.2) is 0 Å². The van der Waals surface area contributed by atoms with E-state index in [1.165, 1.54) is 16.8 Å². The van der Waals surface area contributed by atoms with Crippen LogP contribution in [0.5, 0.6) is 0 Å². The van der Waals surface area contributed by atoms with Crippen molar-refractivity contribution in [2.75, 3.05) is 39.9 Å². The van der Waals surface area contributed by atoms with Crippen LogP contribution in [0.25, 0.3) is 0 Å². The molecule has 0 aromatic heterocycles. The Morgan fingerprint density at radius 2 is 2.14 bits per heavy atom. The zero-order valence-electron chi connectivity index (χ0n) is 12.5. The molecule has 1 aliphatic heterocycles. The third-order valence-electron chi connectivity index (χ3n) is 3.16. The first kappa shape index (κ1) is 17.2. The molecule has 120 valence electrons. The van der Waals surface area contributed by atoms with Crippen LogP contribution in [0.4, 0.5) is 4.79 Å². The number of carboxylic acid groups (broad SMARTS) is 1. The molecule has 1 fully saturated rings. The molecule has 8 nitrogen and oxygen atoms in total. The lowest BCUT2D eigenvalue weighted by Crippen LogP contribution is -2.54. The van der Waals surface area contributed by atoms with Crippen LogP contribution in [0.2, 0.25) is 0 Å². The number of carboxylic acids is 1. The van der Waals surface area contributed by atoms with E-state index in [9.17, 15) is 14.4 Å².